The summed E-state index contributed by atoms with van der Waals surface area (Å²) in [6.07, 6.45) is 1.69. The summed E-state index contributed by atoms with van der Waals surface area (Å²) < 4.78 is 0. The fourth-order valence-corrected chi connectivity index (χ4v) is 1.48. The summed E-state index contributed by atoms with van der Waals surface area (Å²) in [7, 11) is 0. The Bertz CT molecular complexity index is 505. The second kappa shape index (κ2) is 6.31. The maximum absolute atomic E-state index is 11.7. The van der Waals surface area contributed by atoms with Gasteiger partial charge in [0, 0.05) is 11.2 Å². The van der Waals surface area contributed by atoms with Crippen molar-refractivity contribution in [1.29, 1.82) is 0 Å². The fraction of sp³-hybridized carbons (Fsp3) is 0.357. The Hall–Kier alpha value is -1.19. The molecule has 19 heavy (non-hydrogen) atoms. The van der Waals surface area contributed by atoms with Gasteiger partial charge in [-0.15, -0.1) is 0 Å². The van der Waals surface area contributed by atoms with E-state index >= 15 is 0 Å². The molecule has 3 nitrogen and oxygen atoms in total. The third-order valence-electron chi connectivity index (χ3n) is 2.78. The molecule has 0 saturated heterocycles. The molecule has 1 aromatic rings. The molecule has 104 valence electrons. The van der Waals surface area contributed by atoms with Gasteiger partial charge in [-0.1, -0.05) is 49.5 Å². The lowest BCUT2D eigenvalue weighted by Crippen LogP contribution is -2.25. The predicted octanol–water partition coefficient (Wildman–Crippen LogP) is 5.06. The highest BCUT2D eigenvalue weighted by atomic mass is 35.5. The van der Waals surface area contributed by atoms with Crippen LogP contribution in [0, 0.1) is 5.41 Å². The van der Waals surface area contributed by atoms with E-state index in [0.717, 1.165) is 5.57 Å². The number of carbonyl (C=O) groups is 1. The van der Waals surface area contributed by atoms with E-state index < -0.39 is 0 Å². The van der Waals surface area contributed by atoms with Crippen LogP contribution in [0.15, 0.2) is 30.0 Å². The van der Waals surface area contributed by atoms with Crippen molar-refractivity contribution in [2.75, 3.05) is 5.32 Å². The predicted molar refractivity (Wildman–Crippen MR) is 81.8 cm³/mol. The minimum atomic E-state index is -0.354. The lowest BCUT2D eigenvalue weighted by atomic mass is 9.88. The zero-order chi connectivity index (χ0) is 14.6. The number of amides is 2. The van der Waals surface area contributed by atoms with E-state index in [0.29, 0.717) is 15.7 Å². The Kier molecular flexibility index (Phi) is 5.27. The van der Waals surface area contributed by atoms with Crippen molar-refractivity contribution >= 4 is 34.9 Å². The number of hydrogen-bond acceptors (Lipinski definition) is 1. The van der Waals surface area contributed by atoms with Crippen LogP contribution in [-0.2, 0) is 0 Å². The molecule has 0 aromatic heterocycles. The number of rotatable bonds is 2. The first-order chi connectivity index (χ1) is 8.70. The lowest BCUT2D eigenvalue weighted by molar-refractivity contribution is 0.255. The summed E-state index contributed by atoms with van der Waals surface area (Å²) in [5, 5.41) is 6.27. The highest BCUT2D eigenvalue weighted by Gasteiger charge is 2.12. The van der Waals surface area contributed by atoms with Gasteiger partial charge in [-0.2, -0.15) is 0 Å². The van der Waals surface area contributed by atoms with E-state index in [-0.39, 0.29) is 11.4 Å². The molecular weight excluding hydrogens is 283 g/mol. The molecular formula is C14H18Cl2N2O. The van der Waals surface area contributed by atoms with Crippen LogP contribution in [0.1, 0.15) is 27.7 Å². The molecule has 0 atom stereocenters. The first-order valence-corrected chi connectivity index (χ1v) is 6.65. The third kappa shape index (κ3) is 5.13. The minimum Gasteiger partial charge on any atom is -0.314 e. The molecule has 0 unspecified atom stereocenters. The summed E-state index contributed by atoms with van der Waals surface area (Å²) in [6, 6.07) is 4.55. The van der Waals surface area contributed by atoms with Crippen LogP contribution in [0.5, 0.6) is 0 Å². The SMILES string of the molecule is C/C(=C\NC(=O)Nc1cc(Cl)ccc1Cl)C(C)(C)C. The maximum atomic E-state index is 11.7. The number of urea groups is 1. The maximum Gasteiger partial charge on any atom is 0.323 e. The van der Waals surface area contributed by atoms with Gasteiger partial charge < -0.3 is 10.6 Å². The van der Waals surface area contributed by atoms with Crippen LogP contribution in [0.3, 0.4) is 0 Å². The van der Waals surface area contributed by atoms with Gasteiger partial charge in [0.05, 0.1) is 10.7 Å². The molecule has 1 rings (SSSR count). The summed E-state index contributed by atoms with van der Waals surface area (Å²) in [6.45, 7) is 8.19. The van der Waals surface area contributed by atoms with Crippen molar-refractivity contribution in [2.24, 2.45) is 5.41 Å². The van der Waals surface area contributed by atoms with E-state index in [4.69, 9.17) is 23.2 Å². The van der Waals surface area contributed by atoms with Gasteiger partial charge in [0.15, 0.2) is 0 Å². The summed E-state index contributed by atoms with van der Waals surface area (Å²) in [5.74, 6) is 0. The van der Waals surface area contributed by atoms with Crippen molar-refractivity contribution in [1.82, 2.24) is 5.32 Å². The topological polar surface area (TPSA) is 41.1 Å². The molecule has 0 radical (unpaired) electrons. The van der Waals surface area contributed by atoms with Crippen molar-refractivity contribution in [3.63, 3.8) is 0 Å². The Morgan fingerprint density at radius 2 is 1.89 bits per heavy atom. The Balaban J connectivity index is 2.69. The number of carbonyl (C=O) groups excluding carboxylic acids is 1. The highest BCUT2D eigenvalue weighted by molar-refractivity contribution is 6.35. The molecule has 0 aliphatic heterocycles. The highest BCUT2D eigenvalue weighted by Crippen LogP contribution is 2.25. The van der Waals surface area contributed by atoms with Gasteiger partial charge in [-0.05, 0) is 30.5 Å². The lowest BCUT2D eigenvalue weighted by Gasteiger charge is -2.19. The van der Waals surface area contributed by atoms with E-state index in [1.807, 2.05) is 6.92 Å². The van der Waals surface area contributed by atoms with Gasteiger partial charge in [0.2, 0.25) is 0 Å². The molecule has 2 N–H and O–H groups in total. The molecule has 0 bridgehead atoms. The zero-order valence-electron chi connectivity index (χ0n) is 11.5. The van der Waals surface area contributed by atoms with Crippen molar-refractivity contribution in [3.05, 3.63) is 40.0 Å². The molecule has 0 spiro atoms. The van der Waals surface area contributed by atoms with Gasteiger partial charge in [-0.25, -0.2) is 4.79 Å². The van der Waals surface area contributed by atoms with E-state index in [2.05, 4.69) is 31.4 Å². The van der Waals surface area contributed by atoms with E-state index in [1.54, 1.807) is 24.4 Å². The number of benzene rings is 1. The van der Waals surface area contributed by atoms with Crippen molar-refractivity contribution in [3.8, 4) is 0 Å². The van der Waals surface area contributed by atoms with Gasteiger partial charge >= 0.3 is 6.03 Å². The molecule has 1 aromatic carbocycles. The summed E-state index contributed by atoms with van der Waals surface area (Å²) in [5.41, 5.74) is 1.56. The quantitative estimate of drug-likeness (QED) is 0.787. The molecule has 0 saturated carbocycles. The summed E-state index contributed by atoms with van der Waals surface area (Å²) in [4.78, 5) is 11.7. The second-order valence-electron chi connectivity index (χ2n) is 5.30. The van der Waals surface area contributed by atoms with Crippen LogP contribution in [0.4, 0.5) is 10.5 Å². The normalized spacial score (nSPS) is 12.2. The smallest absolute Gasteiger partial charge is 0.314 e. The van der Waals surface area contributed by atoms with E-state index in [9.17, 15) is 4.79 Å². The summed E-state index contributed by atoms with van der Waals surface area (Å²) >= 11 is 11.8. The number of allylic oxidation sites excluding steroid dienone is 1. The average Bonchev–Trinajstić information content (AvgIpc) is 2.29. The molecule has 0 fully saturated rings. The van der Waals surface area contributed by atoms with Crippen LogP contribution >= 0.6 is 23.2 Å². The van der Waals surface area contributed by atoms with Crippen LogP contribution in [0.25, 0.3) is 0 Å². The van der Waals surface area contributed by atoms with Gasteiger partial charge in [-0.3, -0.25) is 0 Å². The molecule has 0 aliphatic rings. The molecule has 0 aliphatic carbocycles. The monoisotopic (exact) mass is 300 g/mol. The Morgan fingerprint density at radius 3 is 2.47 bits per heavy atom. The number of nitrogens with one attached hydrogen (secondary N) is 2. The Labute approximate surface area is 124 Å². The first-order valence-electron chi connectivity index (χ1n) is 5.90. The van der Waals surface area contributed by atoms with Crippen LogP contribution in [0.2, 0.25) is 10.0 Å². The van der Waals surface area contributed by atoms with Gasteiger partial charge in [0.25, 0.3) is 0 Å². The van der Waals surface area contributed by atoms with Crippen molar-refractivity contribution in [2.45, 2.75) is 27.7 Å². The van der Waals surface area contributed by atoms with Crippen LogP contribution in [-0.4, -0.2) is 6.03 Å². The fourth-order valence-electron chi connectivity index (χ4n) is 1.14. The largest absolute Gasteiger partial charge is 0.323 e. The zero-order valence-corrected chi connectivity index (χ0v) is 13.0. The Morgan fingerprint density at radius 1 is 1.26 bits per heavy atom. The average molecular weight is 301 g/mol. The number of hydrogen-bond donors (Lipinski definition) is 2. The van der Waals surface area contributed by atoms with E-state index in [1.165, 1.54) is 0 Å². The molecule has 0 heterocycles. The van der Waals surface area contributed by atoms with Gasteiger partial charge in [0.1, 0.15) is 0 Å². The number of anilines is 1. The minimum absolute atomic E-state index is 0.0149. The van der Waals surface area contributed by atoms with Crippen molar-refractivity contribution < 1.29 is 4.79 Å². The first kappa shape index (κ1) is 15.9. The third-order valence-corrected chi connectivity index (χ3v) is 3.34. The standard InChI is InChI=1S/C14H18Cl2N2O/c1-9(14(2,3)4)8-17-13(19)18-12-7-10(15)5-6-11(12)16/h5-8H,1-4H3,(H2,17,18,19)/b9-8+. The number of halogens is 2. The van der Waals surface area contributed by atoms with Crippen LogP contribution < -0.4 is 10.6 Å². The molecule has 2 amide bonds. The molecule has 5 heteroatoms. The second-order valence-corrected chi connectivity index (χ2v) is 6.14.